The van der Waals surface area contributed by atoms with E-state index in [1.165, 1.54) is 0 Å². The third-order valence-corrected chi connectivity index (χ3v) is 3.36. The van der Waals surface area contributed by atoms with E-state index in [9.17, 15) is 4.79 Å². The number of carbonyl (C=O) groups is 1. The molecule has 2 aromatic rings. The minimum Gasteiger partial charge on any atom is -0.486 e. The number of carbonyl (C=O) groups excluding carboxylic acids is 1. The van der Waals surface area contributed by atoms with Crippen LogP contribution >= 0.6 is 0 Å². The quantitative estimate of drug-likeness (QED) is 0.877. The van der Waals surface area contributed by atoms with Crippen molar-refractivity contribution in [3.8, 4) is 11.5 Å². The lowest BCUT2D eigenvalue weighted by Crippen LogP contribution is -2.18. The summed E-state index contributed by atoms with van der Waals surface area (Å²) < 4.78 is 11.0. The predicted octanol–water partition coefficient (Wildman–Crippen LogP) is 2.57. The lowest BCUT2D eigenvalue weighted by atomic mass is 10.2. The van der Waals surface area contributed by atoms with Crippen LogP contribution in [0.25, 0.3) is 0 Å². The molecular weight excluding hydrogens is 308 g/mol. The summed E-state index contributed by atoms with van der Waals surface area (Å²) in [4.78, 5) is 20.7. The van der Waals surface area contributed by atoms with Crippen LogP contribution in [0.4, 0.5) is 11.6 Å². The highest BCUT2D eigenvalue weighted by Gasteiger charge is 2.14. The maximum Gasteiger partial charge on any atom is 0.274 e. The molecule has 3 rings (SSSR count). The smallest absolute Gasteiger partial charge is 0.274 e. The van der Waals surface area contributed by atoms with E-state index in [1.54, 1.807) is 30.5 Å². The molecule has 0 atom stereocenters. The van der Waals surface area contributed by atoms with Crippen LogP contribution in [0, 0.1) is 5.92 Å². The molecule has 0 saturated heterocycles. The number of anilines is 2. The van der Waals surface area contributed by atoms with Gasteiger partial charge in [0.1, 0.15) is 18.9 Å². The zero-order valence-electron chi connectivity index (χ0n) is 13.7. The molecule has 24 heavy (non-hydrogen) atoms. The van der Waals surface area contributed by atoms with Crippen LogP contribution in [-0.4, -0.2) is 35.6 Å². The Morgan fingerprint density at radius 3 is 2.79 bits per heavy atom. The van der Waals surface area contributed by atoms with Crippen molar-refractivity contribution in [1.29, 1.82) is 0 Å². The van der Waals surface area contributed by atoms with Crippen molar-refractivity contribution in [3.63, 3.8) is 0 Å². The Morgan fingerprint density at radius 2 is 2.00 bits per heavy atom. The first-order chi connectivity index (χ1) is 11.6. The van der Waals surface area contributed by atoms with Crippen molar-refractivity contribution < 1.29 is 14.3 Å². The van der Waals surface area contributed by atoms with Crippen molar-refractivity contribution in [2.24, 2.45) is 5.92 Å². The number of hydrogen-bond donors (Lipinski definition) is 2. The summed E-state index contributed by atoms with van der Waals surface area (Å²) in [6.45, 7) is 5.96. The topological polar surface area (TPSA) is 85.4 Å². The monoisotopic (exact) mass is 328 g/mol. The SMILES string of the molecule is CC(C)CNc1nccc(C(=O)Nc2ccc3c(c2)OCCO3)n1. The lowest BCUT2D eigenvalue weighted by molar-refractivity contribution is 0.102. The Kier molecular flexibility index (Phi) is 4.79. The molecule has 2 N–H and O–H groups in total. The molecule has 2 heterocycles. The average Bonchev–Trinajstić information content (AvgIpc) is 2.60. The normalized spacial score (nSPS) is 12.8. The van der Waals surface area contributed by atoms with Crippen LogP contribution in [0.15, 0.2) is 30.5 Å². The summed E-state index contributed by atoms with van der Waals surface area (Å²) in [5.74, 6) is 1.91. The maximum atomic E-state index is 12.4. The van der Waals surface area contributed by atoms with Gasteiger partial charge in [-0.2, -0.15) is 0 Å². The number of amides is 1. The van der Waals surface area contributed by atoms with Gasteiger partial charge < -0.3 is 20.1 Å². The standard InChI is InChI=1S/C17H20N4O3/c1-11(2)10-19-17-18-6-5-13(21-17)16(22)20-12-3-4-14-15(9-12)24-8-7-23-14/h3-6,9,11H,7-8,10H2,1-2H3,(H,20,22)(H,18,19,21). The third kappa shape index (κ3) is 3.92. The van der Waals surface area contributed by atoms with Crippen LogP contribution in [-0.2, 0) is 0 Å². The van der Waals surface area contributed by atoms with Crippen molar-refractivity contribution in [2.75, 3.05) is 30.4 Å². The number of nitrogens with one attached hydrogen (secondary N) is 2. The van der Waals surface area contributed by atoms with Gasteiger partial charge in [-0.1, -0.05) is 13.8 Å². The highest BCUT2D eigenvalue weighted by molar-refractivity contribution is 6.03. The second-order valence-corrected chi connectivity index (χ2v) is 5.85. The zero-order valence-corrected chi connectivity index (χ0v) is 13.7. The fourth-order valence-electron chi connectivity index (χ4n) is 2.18. The molecule has 1 aromatic heterocycles. The van der Waals surface area contributed by atoms with Crippen LogP contribution < -0.4 is 20.1 Å². The number of rotatable bonds is 5. The maximum absolute atomic E-state index is 12.4. The van der Waals surface area contributed by atoms with Crippen molar-refractivity contribution >= 4 is 17.5 Å². The van der Waals surface area contributed by atoms with Crippen molar-refractivity contribution in [3.05, 3.63) is 36.2 Å². The van der Waals surface area contributed by atoms with Crippen LogP contribution in [0.2, 0.25) is 0 Å². The first-order valence-electron chi connectivity index (χ1n) is 7.90. The Labute approximate surface area is 140 Å². The third-order valence-electron chi connectivity index (χ3n) is 3.36. The molecule has 7 nitrogen and oxygen atoms in total. The Morgan fingerprint density at radius 1 is 1.21 bits per heavy atom. The van der Waals surface area contributed by atoms with E-state index < -0.39 is 0 Å². The number of ether oxygens (including phenoxy) is 2. The van der Waals surface area contributed by atoms with Gasteiger partial charge in [-0.05, 0) is 24.1 Å². The van der Waals surface area contributed by atoms with Gasteiger partial charge in [0.2, 0.25) is 5.95 Å². The molecule has 0 fully saturated rings. The number of benzene rings is 1. The molecule has 7 heteroatoms. The van der Waals surface area contributed by atoms with Crippen LogP contribution in [0.1, 0.15) is 24.3 Å². The van der Waals surface area contributed by atoms with E-state index in [4.69, 9.17) is 9.47 Å². The molecule has 0 radical (unpaired) electrons. The second kappa shape index (κ2) is 7.16. The van der Waals surface area contributed by atoms with E-state index in [0.717, 1.165) is 6.54 Å². The van der Waals surface area contributed by atoms with Crippen molar-refractivity contribution in [1.82, 2.24) is 9.97 Å². The summed E-state index contributed by atoms with van der Waals surface area (Å²) in [6.07, 6.45) is 1.56. The average molecular weight is 328 g/mol. The van der Waals surface area contributed by atoms with Gasteiger partial charge in [-0.3, -0.25) is 4.79 Å². The second-order valence-electron chi connectivity index (χ2n) is 5.85. The molecular formula is C17H20N4O3. The summed E-state index contributed by atoms with van der Waals surface area (Å²) in [7, 11) is 0. The molecule has 0 unspecified atom stereocenters. The van der Waals surface area contributed by atoms with Gasteiger partial charge >= 0.3 is 0 Å². The largest absolute Gasteiger partial charge is 0.486 e. The van der Waals surface area contributed by atoms with Gasteiger partial charge in [0, 0.05) is 24.5 Å². The molecule has 1 amide bonds. The van der Waals surface area contributed by atoms with E-state index in [-0.39, 0.29) is 5.91 Å². The predicted molar refractivity (Wildman–Crippen MR) is 90.7 cm³/mol. The first kappa shape index (κ1) is 16.0. The van der Waals surface area contributed by atoms with Crippen molar-refractivity contribution in [2.45, 2.75) is 13.8 Å². The van der Waals surface area contributed by atoms with Gasteiger partial charge in [0.05, 0.1) is 0 Å². The fourth-order valence-corrected chi connectivity index (χ4v) is 2.18. The Balaban J connectivity index is 1.69. The molecule has 0 bridgehead atoms. The Bertz CT molecular complexity index is 734. The highest BCUT2D eigenvalue weighted by atomic mass is 16.6. The number of fused-ring (bicyclic) bond motifs is 1. The summed E-state index contributed by atoms with van der Waals surface area (Å²) >= 11 is 0. The number of hydrogen-bond acceptors (Lipinski definition) is 6. The first-order valence-corrected chi connectivity index (χ1v) is 7.90. The highest BCUT2D eigenvalue weighted by Crippen LogP contribution is 2.32. The van der Waals surface area contributed by atoms with Crippen LogP contribution in [0.5, 0.6) is 11.5 Å². The van der Waals surface area contributed by atoms with E-state index in [2.05, 4.69) is 34.4 Å². The molecule has 1 aliphatic rings. The molecule has 1 aromatic carbocycles. The summed E-state index contributed by atoms with van der Waals surface area (Å²) in [6, 6.07) is 6.86. The van der Waals surface area contributed by atoms with Gasteiger partial charge in [0.25, 0.3) is 5.91 Å². The Hall–Kier alpha value is -2.83. The summed E-state index contributed by atoms with van der Waals surface area (Å²) in [5, 5.41) is 5.91. The molecule has 0 saturated carbocycles. The van der Waals surface area contributed by atoms with Gasteiger partial charge in [-0.25, -0.2) is 9.97 Å². The lowest BCUT2D eigenvalue weighted by Gasteiger charge is -2.19. The molecule has 126 valence electrons. The minimum absolute atomic E-state index is 0.297. The number of aromatic nitrogens is 2. The fraction of sp³-hybridized carbons (Fsp3) is 0.353. The molecule has 1 aliphatic heterocycles. The van der Waals surface area contributed by atoms with E-state index in [0.29, 0.717) is 48.0 Å². The van der Waals surface area contributed by atoms with Crippen LogP contribution in [0.3, 0.4) is 0 Å². The van der Waals surface area contributed by atoms with Gasteiger partial charge in [-0.15, -0.1) is 0 Å². The molecule has 0 aliphatic carbocycles. The zero-order chi connectivity index (χ0) is 16.9. The molecule has 0 spiro atoms. The minimum atomic E-state index is -0.304. The number of nitrogens with zero attached hydrogens (tertiary/aromatic N) is 2. The van der Waals surface area contributed by atoms with E-state index >= 15 is 0 Å². The van der Waals surface area contributed by atoms with Gasteiger partial charge in [0.15, 0.2) is 11.5 Å². The summed E-state index contributed by atoms with van der Waals surface area (Å²) in [5.41, 5.74) is 0.922. The van der Waals surface area contributed by atoms with E-state index in [1.807, 2.05) is 0 Å².